The first-order valence-electron chi connectivity index (χ1n) is 10.2. The number of rotatable bonds is 8. The Hall–Kier alpha value is -3.68. The summed E-state index contributed by atoms with van der Waals surface area (Å²) in [5, 5.41) is 5.32. The first-order chi connectivity index (χ1) is 14.9. The molecule has 0 aromatic heterocycles. The van der Waals surface area contributed by atoms with Crippen LogP contribution >= 0.6 is 0 Å². The van der Waals surface area contributed by atoms with Gasteiger partial charge in [0.25, 0.3) is 17.7 Å². The van der Waals surface area contributed by atoms with Gasteiger partial charge in [-0.1, -0.05) is 6.92 Å². The SMILES string of the molecule is CCCNC(=O)C(C)NC(=O)c1ccc2c(c1)C(=O)N(c1ccc(OCC)cc1)C2=O. The number of benzene rings is 2. The number of anilines is 1. The smallest absolute Gasteiger partial charge is 0.266 e. The molecular formula is C23H25N3O5. The fourth-order valence-electron chi connectivity index (χ4n) is 3.22. The van der Waals surface area contributed by atoms with Gasteiger partial charge in [-0.05, 0) is 62.7 Å². The van der Waals surface area contributed by atoms with Crippen LogP contribution in [0.3, 0.4) is 0 Å². The molecule has 2 aromatic rings. The van der Waals surface area contributed by atoms with Crippen molar-refractivity contribution in [1.29, 1.82) is 0 Å². The number of nitrogens with one attached hydrogen (secondary N) is 2. The van der Waals surface area contributed by atoms with Gasteiger partial charge in [0, 0.05) is 12.1 Å². The molecule has 0 aliphatic carbocycles. The van der Waals surface area contributed by atoms with Crippen molar-refractivity contribution in [1.82, 2.24) is 10.6 Å². The van der Waals surface area contributed by atoms with Gasteiger partial charge in [0.05, 0.1) is 23.4 Å². The van der Waals surface area contributed by atoms with Crippen LogP contribution in [0.15, 0.2) is 42.5 Å². The highest BCUT2D eigenvalue weighted by Crippen LogP contribution is 2.30. The number of carbonyl (C=O) groups is 4. The summed E-state index contributed by atoms with van der Waals surface area (Å²) in [4.78, 5) is 51.3. The van der Waals surface area contributed by atoms with Crippen molar-refractivity contribution in [2.75, 3.05) is 18.1 Å². The lowest BCUT2D eigenvalue weighted by atomic mass is 10.0. The van der Waals surface area contributed by atoms with E-state index in [2.05, 4.69) is 10.6 Å². The van der Waals surface area contributed by atoms with E-state index in [0.29, 0.717) is 24.6 Å². The van der Waals surface area contributed by atoms with Crippen LogP contribution in [0.25, 0.3) is 0 Å². The molecule has 2 N–H and O–H groups in total. The molecule has 1 aliphatic heterocycles. The average molecular weight is 423 g/mol. The summed E-state index contributed by atoms with van der Waals surface area (Å²) >= 11 is 0. The predicted molar refractivity (Wildman–Crippen MR) is 115 cm³/mol. The molecule has 8 heteroatoms. The Labute approximate surface area is 180 Å². The van der Waals surface area contributed by atoms with E-state index in [1.54, 1.807) is 31.2 Å². The quantitative estimate of drug-likeness (QED) is 0.635. The minimum Gasteiger partial charge on any atom is -0.494 e. The van der Waals surface area contributed by atoms with Crippen molar-refractivity contribution < 1.29 is 23.9 Å². The summed E-state index contributed by atoms with van der Waals surface area (Å²) in [6.07, 6.45) is 0.790. The Bertz CT molecular complexity index is 1020. The van der Waals surface area contributed by atoms with Crippen LogP contribution in [-0.4, -0.2) is 42.8 Å². The van der Waals surface area contributed by atoms with Gasteiger partial charge < -0.3 is 15.4 Å². The van der Waals surface area contributed by atoms with Gasteiger partial charge in [-0.15, -0.1) is 0 Å². The number of hydrogen-bond acceptors (Lipinski definition) is 5. The summed E-state index contributed by atoms with van der Waals surface area (Å²) in [6, 6.07) is 10.2. The van der Waals surface area contributed by atoms with Crippen LogP contribution < -0.4 is 20.3 Å². The van der Waals surface area contributed by atoms with E-state index in [9.17, 15) is 19.2 Å². The highest BCUT2D eigenvalue weighted by Gasteiger charge is 2.37. The molecule has 31 heavy (non-hydrogen) atoms. The van der Waals surface area contributed by atoms with Crippen molar-refractivity contribution in [3.8, 4) is 5.75 Å². The summed E-state index contributed by atoms with van der Waals surface area (Å²) in [5.74, 6) is -1.11. The van der Waals surface area contributed by atoms with Gasteiger partial charge in [-0.3, -0.25) is 19.2 Å². The Kier molecular flexibility index (Phi) is 6.69. The van der Waals surface area contributed by atoms with E-state index >= 15 is 0 Å². The van der Waals surface area contributed by atoms with E-state index in [0.717, 1.165) is 11.3 Å². The Morgan fingerprint density at radius 2 is 1.68 bits per heavy atom. The third kappa shape index (κ3) is 4.58. The van der Waals surface area contributed by atoms with Gasteiger partial charge >= 0.3 is 0 Å². The number of fused-ring (bicyclic) bond motifs is 1. The molecule has 1 atom stereocenters. The lowest BCUT2D eigenvalue weighted by Crippen LogP contribution is -2.45. The standard InChI is InChI=1S/C23H25N3O5/c1-4-12-24-20(27)14(3)25-21(28)15-6-11-18-19(13-15)23(30)26(22(18)29)16-7-9-17(10-8-16)31-5-2/h6-11,13-14H,4-5,12H2,1-3H3,(H,24,27)(H,25,28). The maximum atomic E-state index is 12.9. The number of nitrogens with zero attached hydrogens (tertiary/aromatic N) is 1. The topological polar surface area (TPSA) is 105 Å². The molecule has 0 radical (unpaired) electrons. The fourth-order valence-corrected chi connectivity index (χ4v) is 3.22. The first-order valence-corrected chi connectivity index (χ1v) is 10.2. The molecule has 0 saturated heterocycles. The molecule has 1 aliphatic rings. The second-order valence-electron chi connectivity index (χ2n) is 7.12. The van der Waals surface area contributed by atoms with Crippen LogP contribution in [0.4, 0.5) is 5.69 Å². The molecule has 3 rings (SSSR count). The van der Waals surface area contributed by atoms with Gasteiger partial charge in [-0.2, -0.15) is 0 Å². The second kappa shape index (κ2) is 9.42. The van der Waals surface area contributed by atoms with E-state index in [1.165, 1.54) is 18.2 Å². The third-order valence-electron chi connectivity index (χ3n) is 4.84. The largest absolute Gasteiger partial charge is 0.494 e. The van der Waals surface area contributed by atoms with Crippen LogP contribution in [0.5, 0.6) is 5.75 Å². The number of amides is 4. The molecule has 2 aromatic carbocycles. The van der Waals surface area contributed by atoms with Crippen molar-refractivity contribution >= 4 is 29.3 Å². The summed E-state index contributed by atoms with van der Waals surface area (Å²) < 4.78 is 5.39. The van der Waals surface area contributed by atoms with E-state index in [1.807, 2.05) is 13.8 Å². The molecular weight excluding hydrogens is 398 g/mol. The zero-order valence-corrected chi connectivity index (χ0v) is 17.7. The van der Waals surface area contributed by atoms with Crippen molar-refractivity contribution in [2.45, 2.75) is 33.2 Å². The maximum Gasteiger partial charge on any atom is 0.266 e. The van der Waals surface area contributed by atoms with Crippen LogP contribution in [0.1, 0.15) is 58.3 Å². The fraction of sp³-hybridized carbons (Fsp3) is 0.304. The monoisotopic (exact) mass is 423 g/mol. The summed E-state index contributed by atoms with van der Waals surface area (Å²) in [6.45, 7) is 6.41. The Morgan fingerprint density at radius 1 is 1.00 bits per heavy atom. The molecule has 8 nitrogen and oxygen atoms in total. The van der Waals surface area contributed by atoms with Gasteiger partial charge in [0.1, 0.15) is 11.8 Å². The van der Waals surface area contributed by atoms with Gasteiger partial charge in [-0.25, -0.2) is 4.90 Å². The van der Waals surface area contributed by atoms with Crippen molar-refractivity contribution in [2.24, 2.45) is 0 Å². The van der Waals surface area contributed by atoms with E-state index in [4.69, 9.17) is 4.74 Å². The molecule has 0 spiro atoms. The number of hydrogen-bond donors (Lipinski definition) is 2. The maximum absolute atomic E-state index is 12.9. The molecule has 1 unspecified atom stereocenters. The van der Waals surface area contributed by atoms with E-state index in [-0.39, 0.29) is 22.6 Å². The van der Waals surface area contributed by atoms with Crippen molar-refractivity contribution in [3.63, 3.8) is 0 Å². The highest BCUT2D eigenvalue weighted by atomic mass is 16.5. The molecule has 0 saturated carbocycles. The molecule has 162 valence electrons. The number of ether oxygens (including phenoxy) is 1. The van der Waals surface area contributed by atoms with Crippen molar-refractivity contribution in [3.05, 3.63) is 59.2 Å². The van der Waals surface area contributed by atoms with Crippen LogP contribution in [-0.2, 0) is 4.79 Å². The van der Waals surface area contributed by atoms with E-state index < -0.39 is 23.8 Å². The minimum absolute atomic E-state index is 0.148. The van der Waals surface area contributed by atoms with Crippen LogP contribution in [0, 0.1) is 0 Å². The Morgan fingerprint density at radius 3 is 2.32 bits per heavy atom. The Balaban J connectivity index is 1.77. The zero-order chi connectivity index (χ0) is 22.5. The zero-order valence-electron chi connectivity index (χ0n) is 17.7. The molecule has 1 heterocycles. The predicted octanol–water partition coefficient (Wildman–Crippen LogP) is 2.53. The summed E-state index contributed by atoms with van der Waals surface area (Å²) in [7, 11) is 0. The average Bonchev–Trinajstić information content (AvgIpc) is 3.02. The normalized spacial score (nSPS) is 13.6. The number of imide groups is 1. The minimum atomic E-state index is -0.731. The van der Waals surface area contributed by atoms with Gasteiger partial charge in [0.15, 0.2) is 0 Å². The lowest BCUT2D eigenvalue weighted by molar-refractivity contribution is -0.122. The van der Waals surface area contributed by atoms with Crippen LogP contribution in [0.2, 0.25) is 0 Å². The number of carbonyl (C=O) groups excluding carboxylic acids is 4. The third-order valence-corrected chi connectivity index (χ3v) is 4.84. The second-order valence-corrected chi connectivity index (χ2v) is 7.12. The molecule has 0 bridgehead atoms. The molecule has 0 fully saturated rings. The summed E-state index contributed by atoms with van der Waals surface area (Å²) in [5.41, 5.74) is 0.990. The van der Waals surface area contributed by atoms with Gasteiger partial charge in [0.2, 0.25) is 5.91 Å². The lowest BCUT2D eigenvalue weighted by Gasteiger charge is -2.14. The first kappa shape index (κ1) is 22.0. The molecule has 4 amide bonds. The highest BCUT2D eigenvalue weighted by molar-refractivity contribution is 6.34.